The van der Waals surface area contributed by atoms with Gasteiger partial charge >= 0.3 is 0 Å². The number of hydrogen-bond donors (Lipinski definition) is 1. The Bertz CT molecular complexity index is 642. The van der Waals surface area contributed by atoms with Crippen molar-refractivity contribution in [2.24, 2.45) is 9.98 Å². The van der Waals surface area contributed by atoms with Gasteiger partial charge in [-0.3, -0.25) is 4.99 Å². The molecule has 0 aromatic carbocycles. The zero-order chi connectivity index (χ0) is 13.8. The number of nitrogens with one attached hydrogen (secondary N) is 1. The molecule has 0 aliphatic rings. The van der Waals surface area contributed by atoms with Crippen LogP contribution in [-0.4, -0.2) is 35.4 Å². The van der Waals surface area contributed by atoms with Crippen molar-refractivity contribution in [3.63, 3.8) is 0 Å². The van der Waals surface area contributed by atoms with Crippen molar-refractivity contribution in [2.45, 2.75) is 13.3 Å². The minimum atomic E-state index is 0.617. The van der Waals surface area contributed by atoms with Crippen LogP contribution in [0.25, 0.3) is 10.9 Å². The lowest BCUT2D eigenvalue weighted by atomic mass is 10.3. The van der Waals surface area contributed by atoms with Crippen molar-refractivity contribution in [3.05, 3.63) is 29.1 Å². The van der Waals surface area contributed by atoms with E-state index in [0.29, 0.717) is 5.96 Å². The summed E-state index contributed by atoms with van der Waals surface area (Å²) in [6.07, 6.45) is 4.66. The third-order valence-corrected chi connectivity index (χ3v) is 3.24. The Morgan fingerprint density at radius 1 is 1.53 bits per heavy atom. The van der Waals surface area contributed by atoms with Crippen LogP contribution in [0.4, 0.5) is 0 Å². The van der Waals surface area contributed by atoms with Crippen LogP contribution in [0.2, 0.25) is 0 Å². The van der Waals surface area contributed by atoms with Gasteiger partial charge in [0.15, 0.2) is 0 Å². The molecule has 5 nitrogen and oxygen atoms in total. The minimum absolute atomic E-state index is 0.617. The molecule has 100 valence electrons. The van der Waals surface area contributed by atoms with E-state index in [0.717, 1.165) is 27.8 Å². The molecule has 0 atom stereocenters. The Morgan fingerprint density at radius 3 is 2.95 bits per heavy atom. The highest BCUT2D eigenvalue weighted by molar-refractivity contribution is 9.10. The Balaban J connectivity index is 2.55. The van der Waals surface area contributed by atoms with Gasteiger partial charge in [0.05, 0.1) is 5.52 Å². The Labute approximate surface area is 120 Å². The standard InChI is InChI=1S/C13H16BrN5/c1-4-12(18-13(15-2)16-3)19-6-5-9-8-17-11(14)7-10(9)19/h5-8H,4H2,1-3H3,(H,15,16)/b18-12+. The van der Waals surface area contributed by atoms with E-state index in [4.69, 9.17) is 0 Å². The molecule has 0 spiro atoms. The van der Waals surface area contributed by atoms with Crippen LogP contribution in [0.1, 0.15) is 13.3 Å². The molecule has 2 heterocycles. The maximum absolute atomic E-state index is 4.54. The highest BCUT2D eigenvalue weighted by atomic mass is 79.9. The smallest absolute Gasteiger partial charge is 0.219 e. The van der Waals surface area contributed by atoms with Gasteiger partial charge in [-0.1, -0.05) is 6.92 Å². The Hall–Kier alpha value is -1.69. The zero-order valence-corrected chi connectivity index (χ0v) is 12.8. The van der Waals surface area contributed by atoms with Crippen LogP contribution in [0.3, 0.4) is 0 Å². The predicted octanol–water partition coefficient (Wildman–Crippen LogP) is 2.66. The maximum atomic E-state index is 4.54. The molecule has 0 radical (unpaired) electrons. The molecule has 2 aromatic rings. The summed E-state index contributed by atoms with van der Waals surface area (Å²) in [6, 6.07) is 4.02. The molecule has 6 heteroatoms. The van der Waals surface area contributed by atoms with Crippen LogP contribution >= 0.6 is 15.9 Å². The zero-order valence-electron chi connectivity index (χ0n) is 11.2. The molecule has 0 saturated carbocycles. The summed E-state index contributed by atoms with van der Waals surface area (Å²) in [4.78, 5) is 12.8. The molecule has 1 N–H and O–H groups in total. The number of aromatic nitrogens is 2. The van der Waals surface area contributed by atoms with Gasteiger partial charge in [0, 0.05) is 38.3 Å². The Kier molecular flexibility index (Phi) is 4.31. The normalized spacial score (nSPS) is 13.1. The first-order chi connectivity index (χ1) is 9.19. The van der Waals surface area contributed by atoms with E-state index in [9.17, 15) is 0 Å². The summed E-state index contributed by atoms with van der Waals surface area (Å²) < 4.78 is 2.87. The van der Waals surface area contributed by atoms with E-state index in [1.807, 2.05) is 31.6 Å². The van der Waals surface area contributed by atoms with Crippen molar-refractivity contribution in [1.29, 1.82) is 0 Å². The van der Waals surface area contributed by atoms with E-state index in [2.05, 4.69) is 47.7 Å². The number of pyridine rings is 1. The van der Waals surface area contributed by atoms with Crippen LogP contribution in [0.15, 0.2) is 39.1 Å². The van der Waals surface area contributed by atoms with Crippen molar-refractivity contribution < 1.29 is 0 Å². The number of guanidine groups is 1. The molecule has 0 unspecified atom stereocenters. The second-order valence-corrected chi connectivity index (χ2v) is 4.74. The van der Waals surface area contributed by atoms with Crippen LogP contribution < -0.4 is 5.32 Å². The SMILES string of the molecule is CC/C(=N\C(=NC)NC)n1ccc2cnc(Br)cc21. The number of nitrogens with zero attached hydrogens (tertiary/aromatic N) is 4. The first kappa shape index (κ1) is 13.7. The summed E-state index contributed by atoms with van der Waals surface area (Å²) in [7, 11) is 3.53. The number of rotatable bonds is 1. The van der Waals surface area contributed by atoms with Gasteiger partial charge in [0.2, 0.25) is 5.96 Å². The van der Waals surface area contributed by atoms with Crippen LogP contribution in [0.5, 0.6) is 0 Å². The van der Waals surface area contributed by atoms with Crippen molar-refractivity contribution in [1.82, 2.24) is 14.9 Å². The molecule has 0 aliphatic heterocycles. The maximum Gasteiger partial charge on any atom is 0.219 e. The van der Waals surface area contributed by atoms with Gasteiger partial charge in [-0.05, 0) is 28.1 Å². The number of hydrogen-bond acceptors (Lipinski definition) is 2. The molecule has 2 aromatic heterocycles. The van der Waals surface area contributed by atoms with Crippen molar-refractivity contribution >= 4 is 38.6 Å². The molecule has 0 amide bonds. The number of aliphatic imine (C=N–C) groups is 2. The fourth-order valence-corrected chi connectivity index (χ4v) is 2.19. The summed E-state index contributed by atoms with van der Waals surface area (Å²) in [5, 5.41) is 4.05. The third kappa shape index (κ3) is 2.84. The minimum Gasteiger partial charge on any atom is -0.358 e. The van der Waals surface area contributed by atoms with Gasteiger partial charge in [-0.25, -0.2) is 4.98 Å². The van der Waals surface area contributed by atoms with Crippen LogP contribution in [-0.2, 0) is 0 Å². The first-order valence-corrected chi connectivity index (χ1v) is 6.84. The number of fused-ring (bicyclic) bond motifs is 1. The van der Waals surface area contributed by atoms with Gasteiger partial charge < -0.3 is 9.88 Å². The van der Waals surface area contributed by atoms with Gasteiger partial charge in [-0.2, -0.15) is 4.99 Å². The number of halogens is 1. The van der Waals surface area contributed by atoms with E-state index >= 15 is 0 Å². The molecule has 0 fully saturated rings. The highest BCUT2D eigenvalue weighted by Crippen LogP contribution is 2.19. The fraction of sp³-hybridized carbons (Fsp3) is 0.308. The summed E-state index contributed by atoms with van der Waals surface area (Å²) in [5.41, 5.74) is 1.08. The van der Waals surface area contributed by atoms with E-state index in [1.165, 1.54) is 0 Å². The van der Waals surface area contributed by atoms with Crippen LogP contribution in [0, 0.1) is 0 Å². The molecule has 0 bridgehead atoms. The predicted molar refractivity (Wildman–Crippen MR) is 83.0 cm³/mol. The second kappa shape index (κ2) is 5.97. The summed E-state index contributed by atoms with van der Waals surface area (Å²) in [5.74, 6) is 1.55. The van der Waals surface area contributed by atoms with Gasteiger partial charge in [0.1, 0.15) is 10.4 Å². The molecule has 19 heavy (non-hydrogen) atoms. The average molecular weight is 322 g/mol. The summed E-state index contributed by atoms with van der Waals surface area (Å²) in [6.45, 7) is 2.07. The second-order valence-electron chi connectivity index (χ2n) is 3.93. The van der Waals surface area contributed by atoms with Crippen molar-refractivity contribution in [2.75, 3.05) is 14.1 Å². The average Bonchev–Trinajstić information content (AvgIpc) is 2.83. The molecular weight excluding hydrogens is 306 g/mol. The lowest BCUT2D eigenvalue weighted by Crippen LogP contribution is -2.20. The lowest BCUT2D eigenvalue weighted by molar-refractivity contribution is 1.07. The Morgan fingerprint density at radius 2 is 2.32 bits per heavy atom. The lowest BCUT2D eigenvalue weighted by Gasteiger charge is -2.08. The third-order valence-electron chi connectivity index (χ3n) is 2.81. The van der Waals surface area contributed by atoms with Gasteiger partial charge in [-0.15, -0.1) is 0 Å². The largest absolute Gasteiger partial charge is 0.358 e. The molecule has 0 aliphatic carbocycles. The van der Waals surface area contributed by atoms with Gasteiger partial charge in [0.25, 0.3) is 0 Å². The summed E-state index contributed by atoms with van der Waals surface area (Å²) >= 11 is 3.40. The molecular formula is C13H16BrN5. The van der Waals surface area contributed by atoms with Crippen molar-refractivity contribution in [3.8, 4) is 0 Å². The fourth-order valence-electron chi connectivity index (χ4n) is 1.87. The van der Waals surface area contributed by atoms with E-state index in [1.54, 1.807) is 7.05 Å². The first-order valence-electron chi connectivity index (χ1n) is 6.04. The van der Waals surface area contributed by atoms with E-state index in [-0.39, 0.29) is 0 Å². The topological polar surface area (TPSA) is 54.6 Å². The van der Waals surface area contributed by atoms with E-state index < -0.39 is 0 Å². The highest BCUT2D eigenvalue weighted by Gasteiger charge is 2.07. The molecule has 0 saturated heterocycles. The molecule has 2 rings (SSSR count). The quantitative estimate of drug-likeness (QED) is 0.498. The monoisotopic (exact) mass is 321 g/mol.